The molecule has 2 aromatic heterocycles. The number of nitrogens with one attached hydrogen (secondary N) is 1. The summed E-state index contributed by atoms with van der Waals surface area (Å²) in [7, 11) is 7.36. The summed E-state index contributed by atoms with van der Waals surface area (Å²) in [6, 6.07) is 27.5. The fourth-order valence-electron chi connectivity index (χ4n) is 6.97. The predicted octanol–water partition coefficient (Wildman–Crippen LogP) is 11.4. The van der Waals surface area contributed by atoms with Gasteiger partial charge in [-0.1, -0.05) is 52.6 Å². The number of halogens is 5. The molecule has 3 aliphatic carbocycles. The number of anilines is 2. The summed E-state index contributed by atoms with van der Waals surface area (Å²) in [6.45, 7) is 0.708. The van der Waals surface area contributed by atoms with Crippen molar-refractivity contribution in [1.82, 2.24) is 9.97 Å². The van der Waals surface area contributed by atoms with Gasteiger partial charge in [0.2, 0.25) is 40.8 Å². The van der Waals surface area contributed by atoms with Gasteiger partial charge in [0.25, 0.3) is 0 Å². The lowest BCUT2D eigenvalue weighted by atomic mass is 9.94. The molecule has 4 N–H and O–H groups in total. The number of carbonyl (C=O) groups excluding carboxylic acids is 2. The molecule has 5 heterocycles. The third-order valence-electron chi connectivity index (χ3n) is 10.9. The third-order valence-corrected chi connectivity index (χ3v) is 12.2. The van der Waals surface area contributed by atoms with Gasteiger partial charge < -0.3 is 44.6 Å². The van der Waals surface area contributed by atoms with Crippen LogP contribution in [0.3, 0.4) is 0 Å². The number of carbonyl (C=O) groups is 3. The first kappa shape index (κ1) is 54.8. The monoisotopic (exact) mass is 1130 g/mol. The van der Waals surface area contributed by atoms with Crippen LogP contribution in [0.1, 0.15) is 77.5 Å². The lowest BCUT2D eigenvalue weighted by Crippen LogP contribution is -2.28. The average molecular weight is 1130 g/mol. The molecule has 67 heavy (non-hydrogen) atoms. The van der Waals surface area contributed by atoms with Gasteiger partial charge >= 0.3 is 5.97 Å². The van der Waals surface area contributed by atoms with Crippen LogP contribution in [0.25, 0.3) is 0 Å². The van der Waals surface area contributed by atoms with Crippen LogP contribution in [0, 0.1) is 0 Å². The molecule has 15 nitrogen and oxygen atoms in total. The fraction of sp³-hybridized carbons (Fsp3) is 0.326. The molecular formula is C46H49Br2Cl3N4O11S. The summed E-state index contributed by atoms with van der Waals surface area (Å²) in [4.78, 5) is 43.2. The molecule has 6 aliphatic rings. The minimum Gasteiger partial charge on any atom is -0.481 e. The number of amides is 1. The lowest BCUT2D eigenvalue weighted by Gasteiger charge is -2.16. The van der Waals surface area contributed by atoms with Crippen LogP contribution in [0.2, 0.25) is 0 Å². The van der Waals surface area contributed by atoms with Gasteiger partial charge in [-0.15, -0.1) is 0 Å². The molecule has 21 heteroatoms. The fourth-order valence-corrected chi connectivity index (χ4v) is 7.97. The van der Waals surface area contributed by atoms with E-state index in [1.54, 1.807) is 24.3 Å². The molecule has 3 aromatic carbocycles. The molecule has 1 amide bonds. The second-order valence-electron chi connectivity index (χ2n) is 14.9. The van der Waals surface area contributed by atoms with E-state index in [0.717, 1.165) is 58.5 Å². The molecule has 0 bridgehead atoms. The molecule has 3 aliphatic heterocycles. The molecule has 0 spiro atoms. The zero-order valence-corrected chi connectivity index (χ0v) is 39.6. The first-order valence-corrected chi connectivity index (χ1v) is 24.1. The number of carboxylic acids is 1. The number of nitrogens with zero attached hydrogens (tertiary/aromatic N) is 2. The highest BCUT2D eigenvalue weighted by atomic mass is 79.9. The molecule has 0 atom stereocenters. The summed E-state index contributed by atoms with van der Waals surface area (Å²) < 4.78 is 42.2. The SMILES string of the molecule is C.C.C.Nc1cccc(Br)n1.O=C(Cl)C1(c2ccc3c(c2)OCO3)CC1.O=C(Nc1cccc(Br)n1)C1(c2ccc3c(c2)OCO3)CC1.O=C(O)C1(c2ccc3c(c2)OCO3)CC1.O=S(Cl)Cl. The molecule has 0 unspecified atom stereocenters. The van der Waals surface area contributed by atoms with Crippen molar-refractivity contribution in [2.45, 2.75) is 77.0 Å². The number of carboxylic acid groups (broad SMARTS) is 1. The Hall–Kier alpha value is -4.85. The molecule has 3 saturated carbocycles. The number of hydrogen-bond acceptors (Lipinski definition) is 13. The van der Waals surface area contributed by atoms with Crippen LogP contribution >= 0.6 is 64.8 Å². The smallest absolute Gasteiger partial charge is 0.314 e. The molecular weight excluding hydrogens is 1080 g/mol. The Kier molecular flexibility index (Phi) is 19.2. The molecule has 0 saturated heterocycles. The number of aliphatic carboxylic acids is 1. The second-order valence-corrected chi connectivity index (χ2v) is 19.4. The number of nitrogens with two attached hydrogens (primary N) is 1. The molecule has 3 fully saturated rings. The number of nitrogen functional groups attached to an aromatic ring is 1. The van der Waals surface area contributed by atoms with Gasteiger partial charge in [0.1, 0.15) is 20.8 Å². The topological polar surface area (TPSA) is 208 Å². The number of benzene rings is 3. The highest BCUT2D eigenvalue weighted by Crippen LogP contribution is 2.53. The average Bonchev–Trinajstić information content (AvgIpc) is 4.23. The van der Waals surface area contributed by atoms with Gasteiger partial charge in [0, 0.05) is 21.4 Å². The Morgan fingerprint density at radius 1 is 0.597 bits per heavy atom. The van der Waals surface area contributed by atoms with E-state index in [9.17, 15) is 14.4 Å². The number of aromatic nitrogens is 2. The minimum absolute atomic E-state index is 0. The molecule has 360 valence electrons. The van der Waals surface area contributed by atoms with Crippen molar-refractivity contribution in [3.63, 3.8) is 0 Å². The Morgan fingerprint density at radius 3 is 1.31 bits per heavy atom. The van der Waals surface area contributed by atoms with E-state index in [2.05, 4.69) is 68.5 Å². The third kappa shape index (κ3) is 13.2. The van der Waals surface area contributed by atoms with Crippen LogP contribution in [-0.4, -0.2) is 56.8 Å². The van der Waals surface area contributed by atoms with Crippen molar-refractivity contribution in [2.75, 3.05) is 31.4 Å². The van der Waals surface area contributed by atoms with Crippen LogP contribution < -0.4 is 39.5 Å². The highest BCUT2D eigenvalue weighted by Gasteiger charge is 2.53. The zero-order chi connectivity index (χ0) is 45.6. The lowest BCUT2D eigenvalue weighted by molar-refractivity contribution is -0.140. The van der Waals surface area contributed by atoms with Crippen molar-refractivity contribution in [2.24, 2.45) is 0 Å². The van der Waals surface area contributed by atoms with Gasteiger partial charge in [0.05, 0.1) is 16.2 Å². The van der Waals surface area contributed by atoms with Gasteiger partial charge in [-0.05, 0) is 159 Å². The quantitative estimate of drug-likeness (QED) is 0.102. The Labute approximate surface area is 422 Å². The van der Waals surface area contributed by atoms with Crippen molar-refractivity contribution in [3.8, 4) is 34.5 Å². The van der Waals surface area contributed by atoms with E-state index in [4.69, 9.17) is 55.1 Å². The highest BCUT2D eigenvalue weighted by molar-refractivity contribution is 9.10. The Bertz CT molecular complexity index is 2500. The molecule has 0 radical (unpaired) electrons. The summed E-state index contributed by atoms with van der Waals surface area (Å²) >= 11 is 12.1. The number of ether oxygens (including phenoxy) is 6. The van der Waals surface area contributed by atoms with Gasteiger partial charge in [-0.2, -0.15) is 0 Å². The summed E-state index contributed by atoms with van der Waals surface area (Å²) in [5, 5.41) is 11.8. The standard InChI is InChI=1S/C16H13BrN2O3.C11H9ClO3.C11H10O4.C5H5BrN2.3CH4.Cl2OS/c17-13-2-1-3-14(18-13)19-15(20)16(6-7-16)10-4-5-11-12(8-10)22-9-21-11;2*12-10(13)11(3-4-11)7-1-2-8-9(5-7)15-6-14-8;6-4-2-1-3-5(7)8-4;;;;1-4(2)3/h1-5,8H,6-7,9H2,(H,18,19,20);1-2,5H,3-4,6H2;1-2,5H,3-4,6H2,(H,12,13);1-3H,(H2,7,8);3*1H4;. The number of fused-ring (bicyclic) bond motifs is 3. The van der Waals surface area contributed by atoms with E-state index in [-0.39, 0.29) is 53.8 Å². The van der Waals surface area contributed by atoms with Crippen LogP contribution in [0.4, 0.5) is 11.6 Å². The first-order chi connectivity index (χ1) is 30.6. The van der Waals surface area contributed by atoms with Crippen LogP contribution in [-0.2, 0) is 39.9 Å². The van der Waals surface area contributed by atoms with E-state index in [0.29, 0.717) is 52.1 Å². The number of rotatable bonds is 7. The Balaban J connectivity index is 0.000000195. The predicted molar refractivity (Wildman–Crippen MR) is 266 cm³/mol. The largest absolute Gasteiger partial charge is 0.481 e. The van der Waals surface area contributed by atoms with Gasteiger partial charge in [-0.25, -0.2) is 14.2 Å². The maximum atomic E-state index is 12.7. The normalized spacial score (nSPS) is 16.2. The maximum Gasteiger partial charge on any atom is 0.314 e. The van der Waals surface area contributed by atoms with Crippen molar-refractivity contribution in [1.29, 1.82) is 0 Å². The first-order valence-electron chi connectivity index (χ1n) is 19.3. The van der Waals surface area contributed by atoms with Gasteiger partial charge in [-0.3, -0.25) is 14.4 Å². The van der Waals surface area contributed by atoms with Crippen LogP contribution in [0.15, 0.2) is 100 Å². The van der Waals surface area contributed by atoms with Crippen LogP contribution in [0.5, 0.6) is 34.5 Å². The number of pyridine rings is 2. The zero-order valence-electron chi connectivity index (χ0n) is 33.3. The van der Waals surface area contributed by atoms with Crippen molar-refractivity contribution < 1.29 is 52.1 Å². The summed E-state index contributed by atoms with van der Waals surface area (Å²) in [5.74, 6) is 4.53. The summed E-state index contributed by atoms with van der Waals surface area (Å²) in [5.41, 5.74) is 6.43. The van der Waals surface area contributed by atoms with Crippen molar-refractivity contribution in [3.05, 3.63) is 117 Å². The second kappa shape index (κ2) is 23.4. The molecule has 11 rings (SSSR count). The van der Waals surface area contributed by atoms with Gasteiger partial charge in [0.15, 0.2) is 34.5 Å². The van der Waals surface area contributed by atoms with E-state index in [1.165, 1.54) is 0 Å². The molecule has 5 aromatic rings. The minimum atomic E-state index is -1.67. The van der Waals surface area contributed by atoms with Crippen molar-refractivity contribution >= 4 is 103 Å². The number of hydrogen-bond donors (Lipinski definition) is 3. The van der Waals surface area contributed by atoms with E-state index in [1.807, 2.05) is 66.7 Å². The maximum absolute atomic E-state index is 12.7. The Morgan fingerprint density at radius 2 is 0.970 bits per heavy atom. The van der Waals surface area contributed by atoms with E-state index < -0.39 is 31.4 Å². The van der Waals surface area contributed by atoms with E-state index >= 15 is 0 Å². The summed E-state index contributed by atoms with van der Waals surface area (Å²) in [6.07, 6.45) is 4.73.